The highest BCUT2D eigenvalue weighted by Crippen LogP contribution is 2.42. The van der Waals surface area contributed by atoms with E-state index >= 15 is 0 Å². The third-order valence-electron chi connectivity index (χ3n) is 6.68. The Bertz CT molecular complexity index is 930. The molecule has 0 radical (unpaired) electrons. The van der Waals surface area contributed by atoms with Gasteiger partial charge in [0, 0.05) is 44.6 Å². The van der Waals surface area contributed by atoms with E-state index in [1.807, 2.05) is 0 Å². The fourth-order valence-corrected chi connectivity index (χ4v) is 4.98. The van der Waals surface area contributed by atoms with Gasteiger partial charge in [0.2, 0.25) is 0 Å². The minimum absolute atomic E-state index is 0.0983. The molecule has 3 heterocycles. The van der Waals surface area contributed by atoms with Gasteiger partial charge >= 0.3 is 12.1 Å². The molecular weight excluding hydrogens is 409 g/mol. The molecule has 168 valence electrons. The summed E-state index contributed by atoms with van der Waals surface area (Å²) in [4.78, 5) is 29.8. The number of hydrogen-bond donors (Lipinski definition) is 0. The van der Waals surface area contributed by atoms with Crippen molar-refractivity contribution in [2.75, 3.05) is 26.2 Å². The van der Waals surface area contributed by atoms with Crippen LogP contribution in [0.1, 0.15) is 49.8 Å². The quantitative estimate of drug-likeness (QED) is 0.678. The molecule has 0 unspecified atom stereocenters. The van der Waals surface area contributed by atoms with E-state index in [0.717, 1.165) is 43.8 Å². The van der Waals surface area contributed by atoms with E-state index in [-0.39, 0.29) is 12.5 Å². The first kappa shape index (κ1) is 21.9. The van der Waals surface area contributed by atoms with Crippen LogP contribution in [0.5, 0.6) is 0 Å². The number of benzene rings is 1. The number of rotatable bonds is 3. The van der Waals surface area contributed by atoms with Gasteiger partial charge in [0.15, 0.2) is 0 Å². The number of hydrogen-bond acceptors (Lipinski definition) is 4. The number of nitrogens with zero attached hydrogens (tertiary/aromatic N) is 2. The summed E-state index contributed by atoms with van der Waals surface area (Å²) >= 11 is 0. The molecule has 1 fully saturated rings. The first-order valence-corrected chi connectivity index (χ1v) is 10.8. The van der Waals surface area contributed by atoms with E-state index in [4.69, 9.17) is 4.74 Å². The molecule has 0 saturated carbocycles. The van der Waals surface area contributed by atoms with Crippen molar-refractivity contribution in [1.29, 1.82) is 0 Å². The highest BCUT2D eigenvalue weighted by molar-refractivity contribution is 6.07. The first-order chi connectivity index (χ1) is 14.6. The molecule has 1 saturated heterocycles. The maximum absolute atomic E-state index is 13.5. The summed E-state index contributed by atoms with van der Waals surface area (Å²) in [5, 5.41) is 0. The van der Waals surface area contributed by atoms with Crippen LogP contribution in [0.4, 0.5) is 13.2 Å². The van der Waals surface area contributed by atoms with Crippen LogP contribution in [0, 0.1) is 0 Å². The van der Waals surface area contributed by atoms with E-state index < -0.39 is 23.3 Å². The number of fused-ring (bicyclic) bond motifs is 1. The number of carbonyl (C=O) groups is 2. The zero-order valence-corrected chi connectivity index (χ0v) is 17.8. The van der Waals surface area contributed by atoms with Gasteiger partial charge in [-0.15, -0.1) is 0 Å². The summed E-state index contributed by atoms with van der Waals surface area (Å²) in [6.07, 6.45) is -1.81. The van der Waals surface area contributed by atoms with Crippen LogP contribution in [-0.4, -0.2) is 53.5 Å². The summed E-state index contributed by atoms with van der Waals surface area (Å²) in [5.41, 5.74) is 0.410. The molecule has 1 aromatic carbocycles. The molecule has 5 nitrogen and oxygen atoms in total. The van der Waals surface area contributed by atoms with E-state index in [2.05, 4.69) is 11.8 Å². The van der Waals surface area contributed by atoms with Crippen LogP contribution >= 0.6 is 0 Å². The van der Waals surface area contributed by atoms with Gasteiger partial charge < -0.3 is 14.5 Å². The number of alkyl halides is 3. The molecule has 8 heteroatoms. The average molecular weight is 436 g/mol. The summed E-state index contributed by atoms with van der Waals surface area (Å²) < 4.78 is 45.1. The lowest BCUT2D eigenvalue weighted by Crippen LogP contribution is -2.50. The molecule has 1 amide bonds. The SMILES string of the molecule is CCCN1CCC2(CC1)OC(=O)C(C)=C2C(=O)N1CCc2ccc(C(F)(F)F)cc2C1. The Hall–Kier alpha value is -2.35. The Morgan fingerprint density at radius 2 is 1.87 bits per heavy atom. The van der Waals surface area contributed by atoms with E-state index in [9.17, 15) is 22.8 Å². The van der Waals surface area contributed by atoms with Gasteiger partial charge in [0.05, 0.1) is 11.1 Å². The molecule has 1 spiro atoms. The minimum Gasteiger partial charge on any atom is -0.450 e. The van der Waals surface area contributed by atoms with Crippen molar-refractivity contribution in [1.82, 2.24) is 9.80 Å². The van der Waals surface area contributed by atoms with Crippen molar-refractivity contribution in [2.45, 2.75) is 57.9 Å². The Morgan fingerprint density at radius 3 is 2.52 bits per heavy atom. The van der Waals surface area contributed by atoms with Gasteiger partial charge in [-0.05, 0) is 49.6 Å². The highest BCUT2D eigenvalue weighted by atomic mass is 19.4. The normalized spacial score (nSPS) is 21.5. The second kappa shape index (κ2) is 7.97. The van der Waals surface area contributed by atoms with E-state index in [1.54, 1.807) is 11.8 Å². The minimum atomic E-state index is -4.43. The number of likely N-dealkylation sites (tertiary alicyclic amines) is 1. The first-order valence-electron chi connectivity index (χ1n) is 10.8. The number of ether oxygens (including phenoxy) is 1. The number of piperidine rings is 1. The van der Waals surface area contributed by atoms with Gasteiger partial charge in [-0.25, -0.2) is 4.79 Å². The number of halogens is 3. The van der Waals surface area contributed by atoms with E-state index in [0.29, 0.717) is 42.5 Å². The predicted octanol–water partition coefficient (Wildman–Crippen LogP) is 3.71. The summed E-state index contributed by atoms with van der Waals surface area (Å²) in [6.45, 7) is 6.66. The van der Waals surface area contributed by atoms with Crippen LogP contribution in [0.2, 0.25) is 0 Å². The van der Waals surface area contributed by atoms with Crippen LogP contribution in [-0.2, 0) is 33.5 Å². The molecular formula is C23H27F3N2O3. The van der Waals surface area contributed by atoms with Crippen molar-refractivity contribution in [3.8, 4) is 0 Å². The fourth-order valence-electron chi connectivity index (χ4n) is 4.98. The predicted molar refractivity (Wildman–Crippen MR) is 108 cm³/mol. The molecule has 1 aromatic rings. The second-order valence-electron chi connectivity index (χ2n) is 8.68. The number of esters is 1. The number of carbonyl (C=O) groups excluding carboxylic acids is 2. The van der Waals surface area contributed by atoms with Gasteiger partial charge in [-0.3, -0.25) is 4.79 Å². The summed E-state index contributed by atoms with van der Waals surface area (Å²) in [6, 6.07) is 3.72. The molecule has 0 N–H and O–H groups in total. The maximum Gasteiger partial charge on any atom is 0.416 e. The Labute approximate surface area is 179 Å². The lowest BCUT2D eigenvalue weighted by Gasteiger charge is -2.40. The van der Waals surface area contributed by atoms with Crippen LogP contribution < -0.4 is 0 Å². The molecule has 0 aromatic heterocycles. The smallest absolute Gasteiger partial charge is 0.416 e. The Kier molecular flexibility index (Phi) is 5.62. The molecule has 0 atom stereocenters. The average Bonchev–Trinajstić information content (AvgIpc) is 2.97. The third-order valence-corrected chi connectivity index (χ3v) is 6.68. The molecule has 3 aliphatic rings. The molecule has 31 heavy (non-hydrogen) atoms. The lowest BCUT2D eigenvalue weighted by molar-refractivity contribution is -0.151. The van der Waals surface area contributed by atoms with Crippen molar-refractivity contribution in [3.63, 3.8) is 0 Å². The van der Waals surface area contributed by atoms with E-state index in [1.165, 1.54) is 6.07 Å². The fraction of sp³-hybridized carbons (Fsp3) is 0.565. The van der Waals surface area contributed by atoms with Gasteiger partial charge in [0.25, 0.3) is 5.91 Å². The van der Waals surface area contributed by atoms with Crippen molar-refractivity contribution < 1.29 is 27.5 Å². The Morgan fingerprint density at radius 1 is 1.16 bits per heavy atom. The lowest BCUT2D eigenvalue weighted by atomic mass is 9.82. The zero-order valence-electron chi connectivity index (χ0n) is 17.8. The number of amides is 1. The topological polar surface area (TPSA) is 49.9 Å². The summed E-state index contributed by atoms with van der Waals surface area (Å²) in [5.74, 6) is -0.764. The molecule has 0 bridgehead atoms. The van der Waals surface area contributed by atoms with Crippen molar-refractivity contribution in [2.24, 2.45) is 0 Å². The monoisotopic (exact) mass is 436 g/mol. The van der Waals surface area contributed by atoms with Crippen LogP contribution in [0.3, 0.4) is 0 Å². The standard InChI is InChI=1S/C23H27F3N2O3/c1-3-9-27-11-7-22(8-12-27)19(15(2)21(30)31-22)20(29)28-10-6-16-4-5-18(23(24,25)26)13-17(16)14-28/h4-5,13H,3,6-12,14H2,1-2H3. The highest BCUT2D eigenvalue weighted by Gasteiger charge is 2.51. The Balaban J connectivity index is 1.58. The maximum atomic E-state index is 13.5. The van der Waals surface area contributed by atoms with Crippen LogP contribution in [0.25, 0.3) is 0 Å². The second-order valence-corrected chi connectivity index (χ2v) is 8.68. The van der Waals surface area contributed by atoms with Gasteiger partial charge in [0.1, 0.15) is 5.60 Å². The van der Waals surface area contributed by atoms with Gasteiger partial charge in [-0.2, -0.15) is 13.2 Å². The third kappa shape index (κ3) is 3.97. The zero-order chi connectivity index (χ0) is 22.4. The largest absolute Gasteiger partial charge is 0.450 e. The van der Waals surface area contributed by atoms with Crippen molar-refractivity contribution in [3.05, 3.63) is 46.0 Å². The molecule has 4 rings (SSSR count). The summed E-state index contributed by atoms with van der Waals surface area (Å²) in [7, 11) is 0. The molecule has 3 aliphatic heterocycles. The van der Waals surface area contributed by atoms with Crippen molar-refractivity contribution >= 4 is 11.9 Å². The van der Waals surface area contributed by atoms with Crippen LogP contribution in [0.15, 0.2) is 29.3 Å². The van der Waals surface area contributed by atoms with Gasteiger partial charge in [-0.1, -0.05) is 13.0 Å². The molecule has 0 aliphatic carbocycles.